The molecule has 1 amide bonds. The summed E-state index contributed by atoms with van der Waals surface area (Å²) in [5, 5.41) is 10.7. The summed E-state index contributed by atoms with van der Waals surface area (Å²) in [4.78, 5) is 20.7. The summed E-state index contributed by atoms with van der Waals surface area (Å²) in [6.07, 6.45) is 5.36. The third-order valence-electron chi connectivity index (χ3n) is 3.20. The Balaban J connectivity index is 2.01. The molecular formula is C16H22FNO4. The molecule has 0 aliphatic heterocycles. The molecule has 0 aliphatic rings. The Bertz CT molecular complexity index is 479. The fraction of sp³-hybridized carbons (Fsp3) is 0.500. The minimum absolute atomic E-state index is 0.172. The van der Waals surface area contributed by atoms with Crippen LogP contribution in [0.4, 0.5) is 9.18 Å². The highest BCUT2D eigenvalue weighted by molar-refractivity contribution is 5.74. The normalized spacial score (nSPS) is 10.2. The summed E-state index contributed by atoms with van der Waals surface area (Å²) in [6.45, 7) is 0.937. The van der Waals surface area contributed by atoms with Gasteiger partial charge >= 0.3 is 6.09 Å². The van der Waals surface area contributed by atoms with Crippen molar-refractivity contribution in [3.8, 4) is 5.75 Å². The number of carbonyl (C=O) groups excluding carboxylic acids is 1. The third kappa shape index (κ3) is 7.61. The second kappa shape index (κ2) is 10.6. The Morgan fingerprint density at radius 3 is 2.50 bits per heavy atom. The van der Waals surface area contributed by atoms with E-state index in [1.165, 1.54) is 12.1 Å². The number of carboxylic acid groups (broad SMARTS) is 1. The van der Waals surface area contributed by atoms with Crippen molar-refractivity contribution in [2.75, 3.05) is 13.2 Å². The zero-order chi connectivity index (χ0) is 16.2. The first-order chi connectivity index (χ1) is 10.6. The molecule has 0 aromatic heterocycles. The maximum absolute atomic E-state index is 13.5. The number of ether oxygens (including phenoxy) is 1. The van der Waals surface area contributed by atoms with Gasteiger partial charge < -0.3 is 15.2 Å². The maximum atomic E-state index is 13.5. The number of carbonyl (C=O) groups is 2. The first-order valence-corrected chi connectivity index (χ1v) is 7.48. The van der Waals surface area contributed by atoms with E-state index in [0.717, 1.165) is 44.6 Å². The molecule has 5 nitrogen and oxygen atoms in total. The molecule has 0 radical (unpaired) electrons. The molecule has 0 fully saturated rings. The molecule has 22 heavy (non-hydrogen) atoms. The van der Waals surface area contributed by atoms with Gasteiger partial charge in [-0.1, -0.05) is 25.7 Å². The maximum Gasteiger partial charge on any atom is 0.404 e. The quantitative estimate of drug-likeness (QED) is 0.483. The van der Waals surface area contributed by atoms with Crippen LogP contribution in [-0.2, 0) is 0 Å². The zero-order valence-corrected chi connectivity index (χ0v) is 12.5. The molecule has 2 N–H and O–H groups in total. The van der Waals surface area contributed by atoms with Crippen molar-refractivity contribution in [2.45, 2.75) is 38.5 Å². The fourth-order valence-corrected chi connectivity index (χ4v) is 2.02. The van der Waals surface area contributed by atoms with Crippen LogP contribution >= 0.6 is 0 Å². The van der Waals surface area contributed by atoms with E-state index in [1.54, 1.807) is 0 Å². The lowest BCUT2D eigenvalue weighted by molar-refractivity contribution is 0.112. The van der Waals surface area contributed by atoms with Crippen molar-refractivity contribution in [2.24, 2.45) is 0 Å². The molecule has 0 unspecified atom stereocenters. The van der Waals surface area contributed by atoms with Crippen molar-refractivity contribution in [3.05, 3.63) is 29.6 Å². The highest BCUT2D eigenvalue weighted by Gasteiger charge is 2.04. The molecule has 0 heterocycles. The molecule has 6 heteroatoms. The van der Waals surface area contributed by atoms with Crippen LogP contribution in [0.15, 0.2) is 18.2 Å². The van der Waals surface area contributed by atoms with Crippen molar-refractivity contribution in [1.29, 1.82) is 0 Å². The molecule has 0 aliphatic carbocycles. The number of rotatable bonds is 11. The standard InChI is InChI=1S/C16H22FNO4/c17-14-11-13(12-19)7-8-15(14)22-10-6-4-2-1-3-5-9-18-16(20)21/h7-8,11-12,18H,1-6,9-10H2,(H,20,21). The largest absolute Gasteiger partial charge is 0.491 e. The van der Waals surface area contributed by atoms with E-state index < -0.39 is 11.9 Å². The van der Waals surface area contributed by atoms with E-state index in [1.807, 2.05) is 0 Å². The Morgan fingerprint density at radius 2 is 1.86 bits per heavy atom. The number of halogens is 1. The van der Waals surface area contributed by atoms with Crippen molar-refractivity contribution in [3.63, 3.8) is 0 Å². The minimum atomic E-state index is -0.981. The molecule has 1 aromatic rings. The van der Waals surface area contributed by atoms with Crippen LogP contribution in [0.25, 0.3) is 0 Å². The lowest BCUT2D eigenvalue weighted by atomic mass is 10.1. The molecule has 122 valence electrons. The lowest BCUT2D eigenvalue weighted by Gasteiger charge is -2.07. The Kier molecular flexibility index (Phi) is 8.64. The topological polar surface area (TPSA) is 75.6 Å². The van der Waals surface area contributed by atoms with Gasteiger partial charge in [-0.05, 0) is 31.0 Å². The monoisotopic (exact) mass is 311 g/mol. The Labute approximate surface area is 129 Å². The van der Waals surface area contributed by atoms with Gasteiger partial charge in [0, 0.05) is 12.1 Å². The Hall–Kier alpha value is -2.11. The summed E-state index contributed by atoms with van der Waals surface area (Å²) in [6, 6.07) is 4.15. The average Bonchev–Trinajstić information content (AvgIpc) is 2.50. The van der Waals surface area contributed by atoms with Crippen molar-refractivity contribution < 1.29 is 23.8 Å². The first kappa shape index (κ1) is 17.9. The van der Waals surface area contributed by atoms with Crippen LogP contribution in [0, 0.1) is 5.82 Å². The summed E-state index contributed by atoms with van der Waals surface area (Å²) in [7, 11) is 0. The van der Waals surface area contributed by atoms with E-state index in [0.29, 0.717) is 25.0 Å². The first-order valence-electron chi connectivity index (χ1n) is 7.48. The number of hydrogen-bond donors (Lipinski definition) is 2. The van der Waals surface area contributed by atoms with E-state index in [2.05, 4.69) is 5.32 Å². The average molecular weight is 311 g/mol. The second-order valence-electron chi connectivity index (χ2n) is 5.01. The number of hydrogen-bond acceptors (Lipinski definition) is 3. The van der Waals surface area contributed by atoms with Crippen molar-refractivity contribution in [1.82, 2.24) is 5.32 Å². The van der Waals surface area contributed by atoms with Gasteiger partial charge in [0.05, 0.1) is 6.61 Å². The molecule has 0 bridgehead atoms. The number of unbranched alkanes of at least 4 members (excludes halogenated alkanes) is 5. The van der Waals surface area contributed by atoms with E-state index >= 15 is 0 Å². The zero-order valence-electron chi connectivity index (χ0n) is 12.5. The van der Waals surface area contributed by atoms with Crippen LogP contribution in [0.2, 0.25) is 0 Å². The minimum Gasteiger partial charge on any atom is -0.491 e. The van der Waals surface area contributed by atoms with Gasteiger partial charge in [-0.2, -0.15) is 0 Å². The molecule has 1 rings (SSSR count). The van der Waals surface area contributed by atoms with Gasteiger partial charge in [-0.3, -0.25) is 4.79 Å². The highest BCUT2D eigenvalue weighted by Crippen LogP contribution is 2.18. The summed E-state index contributed by atoms with van der Waals surface area (Å²) in [5.74, 6) is -0.346. The second-order valence-corrected chi connectivity index (χ2v) is 5.01. The molecule has 0 spiro atoms. The third-order valence-corrected chi connectivity index (χ3v) is 3.20. The highest BCUT2D eigenvalue weighted by atomic mass is 19.1. The molecule has 1 aromatic carbocycles. The van der Waals surface area contributed by atoms with Gasteiger partial charge in [0.2, 0.25) is 0 Å². The summed E-state index contributed by atoms with van der Waals surface area (Å²) >= 11 is 0. The predicted molar refractivity (Wildman–Crippen MR) is 81.0 cm³/mol. The molecule has 0 saturated heterocycles. The molecular weight excluding hydrogens is 289 g/mol. The van der Waals surface area contributed by atoms with E-state index in [4.69, 9.17) is 9.84 Å². The van der Waals surface area contributed by atoms with Crippen LogP contribution < -0.4 is 10.1 Å². The number of aldehydes is 1. The van der Waals surface area contributed by atoms with Gasteiger partial charge in [0.25, 0.3) is 0 Å². The van der Waals surface area contributed by atoms with Crippen molar-refractivity contribution >= 4 is 12.4 Å². The molecule has 0 atom stereocenters. The van der Waals surface area contributed by atoms with Crippen LogP contribution in [0.5, 0.6) is 5.75 Å². The smallest absolute Gasteiger partial charge is 0.404 e. The Morgan fingerprint density at radius 1 is 1.18 bits per heavy atom. The lowest BCUT2D eigenvalue weighted by Crippen LogP contribution is -2.21. The van der Waals surface area contributed by atoms with Crippen LogP contribution in [0.1, 0.15) is 48.9 Å². The van der Waals surface area contributed by atoms with Gasteiger partial charge in [-0.15, -0.1) is 0 Å². The number of amides is 1. The van der Waals surface area contributed by atoms with Crippen LogP contribution in [0.3, 0.4) is 0 Å². The van der Waals surface area contributed by atoms with Gasteiger partial charge in [0.15, 0.2) is 11.6 Å². The van der Waals surface area contributed by atoms with Crippen LogP contribution in [-0.4, -0.2) is 30.6 Å². The molecule has 0 saturated carbocycles. The fourth-order valence-electron chi connectivity index (χ4n) is 2.02. The number of benzene rings is 1. The van der Waals surface area contributed by atoms with Gasteiger partial charge in [-0.25, -0.2) is 9.18 Å². The SMILES string of the molecule is O=Cc1ccc(OCCCCCCCCNC(=O)O)c(F)c1. The van der Waals surface area contributed by atoms with E-state index in [-0.39, 0.29) is 5.75 Å². The summed E-state index contributed by atoms with van der Waals surface area (Å²) in [5.41, 5.74) is 0.294. The van der Waals surface area contributed by atoms with E-state index in [9.17, 15) is 14.0 Å². The predicted octanol–water partition coefficient (Wildman–Crippen LogP) is 3.63. The van der Waals surface area contributed by atoms with Gasteiger partial charge in [0.1, 0.15) is 6.29 Å². The summed E-state index contributed by atoms with van der Waals surface area (Å²) < 4.78 is 18.9. The number of nitrogens with one attached hydrogen (secondary N) is 1.